The van der Waals surface area contributed by atoms with Crippen LogP contribution in [0.1, 0.15) is 32.6 Å². The summed E-state index contributed by atoms with van der Waals surface area (Å²) in [4.78, 5) is 25.6. The number of carbonyl (C=O) groups is 1. The largest absolute Gasteiger partial charge is 0.494 e. The van der Waals surface area contributed by atoms with Gasteiger partial charge in [-0.1, -0.05) is 45.8 Å². The molecule has 3 rings (SSSR count). The zero-order valence-corrected chi connectivity index (χ0v) is 18.1. The van der Waals surface area contributed by atoms with Crippen molar-refractivity contribution in [2.45, 2.75) is 20.4 Å². The fraction of sp³-hybridized carbons (Fsp3) is 0.174. The molecule has 0 aliphatic carbocycles. The molecule has 0 spiro atoms. The summed E-state index contributed by atoms with van der Waals surface area (Å²) < 4.78 is 7.43. The number of pyridine rings is 1. The number of aromatic hydroxyl groups is 1. The Balaban J connectivity index is 1.97. The van der Waals surface area contributed by atoms with Crippen LogP contribution in [0.25, 0.3) is 0 Å². The second-order valence-corrected chi connectivity index (χ2v) is 7.77. The van der Waals surface area contributed by atoms with Gasteiger partial charge in [-0.05, 0) is 49.2 Å². The summed E-state index contributed by atoms with van der Waals surface area (Å²) in [5, 5.41) is 20.2. The Morgan fingerprint density at radius 3 is 2.37 bits per heavy atom. The SMILES string of the molecule is Cc1ccc(Cn2c(O)c(C(=O)COc3ccc(Br)cc3)c(C)c(C#N)c2=O)cc1. The highest BCUT2D eigenvalue weighted by atomic mass is 79.9. The van der Waals surface area contributed by atoms with E-state index in [0.29, 0.717) is 5.75 Å². The molecule has 0 aliphatic rings. The van der Waals surface area contributed by atoms with Crippen LogP contribution in [-0.4, -0.2) is 22.1 Å². The van der Waals surface area contributed by atoms with Crippen LogP contribution in [0.4, 0.5) is 0 Å². The van der Waals surface area contributed by atoms with E-state index in [2.05, 4.69) is 15.9 Å². The average Bonchev–Trinajstić information content (AvgIpc) is 2.72. The van der Waals surface area contributed by atoms with Crippen molar-refractivity contribution in [2.24, 2.45) is 0 Å². The molecule has 2 aromatic carbocycles. The third-order valence-corrected chi connectivity index (χ3v) is 5.25. The van der Waals surface area contributed by atoms with Gasteiger partial charge in [-0.2, -0.15) is 5.26 Å². The molecule has 1 heterocycles. The molecule has 152 valence electrons. The predicted octanol–water partition coefficient (Wildman–Crippen LogP) is 4.11. The van der Waals surface area contributed by atoms with Gasteiger partial charge in [0, 0.05) is 4.47 Å². The number of rotatable bonds is 6. The van der Waals surface area contributed by atoms with Gasteiger partial charge in [0.15, 0.2) is 6.61 Å². The molecule has 0 unspecified atom stereocenters. The third kappa shape index (κ3) is 4.44. The number of ether oxygens (including phenoxy) is 1. The lowest BCUT2D eigenvalue weighted by Crippen LogP contribution is -2.28. The number of benzene rings is 2. The first-order valence-electron chi connectivity index (χ1n) is 9.15. The second-order valence-electron chi connectivity index (χ2n) is 6.85. The summed E-state index contributed by atoms with van der Waals surface area (Å²) in [5.74, 6) is -0.513. The van der Waals surface area contributed by atoms with Crippen molar-refractivity contribution >= 4 is 21.7 Å². The van der Waals surface area contributed by atoms with Crippen molar-refractivity contribution in [3.8, 4) is 17.7 Å². The Bertz CT molecular complexity index is 1190. The van der Waals surface area contributed by atoms with Gasteiger partial charge >= 0.3 is 0 Å². The minimum absolute atomic E-state index is 0.0355. The number of aryl methyl sites for hydroxylation is 1. The van der Waals surface area contributed by atoms with Crippen LogP contribution in [-0.2, 0) is 6.54 Å². The zero-order chi connectivity index (χ0) is 21.8. The summed E-state index contributed by atoms with van der Waals surface area (Å²) in [6.45, 7) is 3.11. The number of ketones is 1. The first-order chi connectivity index (χ1) is 14.3. The molecule has 0 bridgehead atoms. The first kappa shape index (κ1) is 21.3. The van der Waals surface area contributed by atoms with Crippen LogP contribution in [0.15, 0.2) is 57.8 Å². The van der Waals surface area contributed by atoms with Gasteiger partial charge in [0.1, 0.15) is 17.4 Å². The Morgan fingerprint density at radius 2 is 1.77 bits per heavy atom. The lowest BCUT2D eigenvalue weighted by molar-refractivity contribution is 0.0916. The Morgan fingerprint density at radius 1 is 1.13 bits per heavy atom. The number of aromatic nitrogens is 1. The maximum Gasteiger partial charge on any atom is 0.271 e. The van der Waals surface area contributed by atoms with E-state index in [9.17, 15) is 20.0 Å². The molecule has 7 heteroatoms. The molecular weight excluding hydrogens is 448 g/mol. The fourth-order valence-corrected chi connectivity index (χ4v) is 3.32. The normalized spacial score (nSPS) is 10.5. The van der Waals surface area contributed by atoms with Crippen molar-refractivity contribution in [1.82, 2.24) is 4.57 Å². The van der Waals surface area contributed by atoms with Gasteiger partial charge in [-0.25, -0.2) is 0 Å². The van der Waals surface area contributed by atoms with Crippen molar-refractivity contribution in [2.75, 3.05) is 6.61 Å². The highest BCUT2D eigenvalue weighted by Gasteiger charge is 2.24. The van der Waals surface area contributed by atoms with Gasteiger partial charge in [-0.3, -0.25) is 14.2 Å². The van der Waals surface area contributed by atoms with Crippen LogP contribution < -0.4 is 10.3 Å². The third-order valence-electron chi connectivity index (χ3n) is 4.72. The Labute approximate surface area is 182 Å². The molecule has 0 saturated heterocycles. The summed E-state index contributed by atoms with van der Waals surface area (Å²) >= 11 is 3.32. The van der Waals surface area contributed by atoms with Crippen molar-refractivity contribution in [1.29, 1.82) is 5.26 Å². The molecule has 1 N–H and O–H groups in total. The van der Waals surface area contributed by atoms with E-state index in [4.69, 9.17) is 4.74 Å². The molecule has 0 fully saturated rings. The van der Waals surface area contributed by atoms with Gasteiger partial charge in [0.2, 0.25) is 11.7 Å². The standard InChI is InChI=1S/C23H19BrN2O4/c1-14-3-5-16(6-4-14)12-26-22(28)19(11-25)15(2)21(23(26)29)20(27)13-30-18-9-7-17(24)8-10-18/h3-10,29H,12-13H2,1-2H3. The minimum atomic E-state index is -0.640. The molecule has 3 aromatic rings. The van der Waals surface area contributed by atoms with Crippen molar-refractivity contribution in [3.63, 3.8) is 0 Å². The predicted molar refractivity (Wildman–Crippen MR) is 116 cm³/mol. The van der Waals surface area contributed by atoms with E-state index >= 15 is 0 Å². The molecule has 0 saturated carbocycles. The smallest absolute Gasteiger partial charge is 0.271 e. The maximum atomic E-state index is 12.8. The Hall–Kier alpha value is -3.37. The van der Waals surface area contributed by atoms with Crippen LogP contribution in [0.5, 0.6) is 11.6 Å². The summed E-state index contributed by atoms with van der Waals surface area (Å²) in [5.41, 5.74) is 1.05. The quantitative estimate of drug-likeness (QED) is 0.551. The van der Waals surface area contributed by atoms with Gasteiger partial charge in [0.05, 0.1) is 12.1 Å². The lowest BCUT2D eigenvalue weighted by atomic mass is 10.0. The molecule has 0 aliphatic heterocycles. The summed E-state index contributed by atoms with van der Waals surface area (Å²) in [6.07, 6.45) is 0. The highest BCUT2D eigenvalue weighted by molar-refractivity contribution is 9.10. The molecule has 0 atom stereocenters. The van der Waals surface area contributed by atoms with Crippen LogP contribution in [0.3, 0.4) is 0 Å². The number of Topliss-reactive ketones (excluding diaryl/α,β-unsaturated/α-hetero) is 1. The van der Waals surface area contributed by atoms with Gasteiger partial charge in [-0.15, -0.1) is 0 Å². The molecule has 1 aromatic heterocycles. The van der Waals surface area contributed by atoms with Crippen LogP contribution in [0.2, 0.25) is 0 Å². The van der Waals surface area contributed by atoms with E-state index in [1.165, 1.54) is 6.92 Å². The second kappa shape index (κ2) is 8.97. The van der Waals surface area contributed by atoms with Crippen LogP contribution >= 0.6 is 15.9 Å². The minimum Gasteiger partial charge on any atom is -0.494 e. The molecule has 0 amide bonds. The first-order valence-corrected chi connectivity index (χ1v) is 9.94. The fourth-order valence-electron chi connectivity index (χ4n) is 3.06. The van der Waals surface area contributed by atoms with Crippen molar-refractivity contribution in [3.05, 3.63) is 91.2 Å². The summed E-state index contributed by atoms with van der Waals surface area (Å²) in [6, 6.07) is 16.2. The average molecular weight is 467 g/mol. The van der Waals surface area contributed by atoms with Crippen molar-refractivity contribution < 1.29 is 14.6 Å². The monoisotopic (exact) mass is 466 g/mol. The lowest BCUT2D eigenvalue weighted by Gasteiger charge is -2.16. The molecule has 30 heavy (non-hydrogen) atoms. The number of nitrogens with zero attached hydrogens (tertiary/aromatic N) is 2. The molecular formula is C23H19BrN2O4. The highest BCUT2D eigenvalue weighted by Crippen LogP contribution is 2.24. The van der Waals surface area contributed by atoms with Gasteiger partial charge < -0.3 is 9.84 Å². The van der Waals surface area contributed by atoms with E-state index < -0.39 is 17.2 Å². The number of halogens is 1. The summed E-state index contributed by atoms with van der Waals surface area (Å²) in [7, 11) is 0. The van der Waals surface area contributed by atoms with Gasteiger partial charge in [0.25, 0.3) is 5.56 Å². The molecule has 0 radical (unpaired) electrons. The number of hydrogen-bond acceptors (Lipinski definition) is 5. The van der Waals surface area contributed by atoms with E-state index in [1.54, 1.807) is 24.3 Å². The number of carbonyl (C=O) groups excluding carboxylic acids is 1. The molecule has 6 nitrogen and oxygen atoms in total. The van der Waals surface area contributed by atoms with Crippen LogP contribution in [0, 0.1) is 25.2 Å². The van der Waals surface area contributed by atoms with E-state index in [1.807, 2.05) is 37.3 Å². The zero-order valence-electron chi connectivity index (χ0n) is 16.5. The number of hydrogen-bond donors (Lipinski definition) is 1. The Kier molecular flexibility index (Phi) is 6.38. The van der Waals surface area contributed by atoms with E-state index in [-0.39, 0.29) is 29.8 Å². The van der Waals surface area contributed by atoms with E-state index in [0.717, 1.165) is 20.2 Å². The topological polar surface area (TPSA) is 92.3 Å². The number of nitriles is 1. The maximum absolute atomic E-state index is 12.8.